The number of nitrogens with two attached hydrogens (primary N) is 1. The molecule has 1 nitrogen and oxygen atoms in total. The van der Waals surface area contributed by atoms with Crippen LogP contribution in [-0.2, 0) is 0 Å². The van der Waals surface area contributed by atoms with Crippen molar-refractivity contribution in [3.05, 3.63) is 12.7 Å². The zero-order chi connectivity index (χ0) is 7.11. The molecule has 0 aliphatic heterocycles. The van der Waals surface area contributed by atoms with E-state index in [4.69, 9.17) is 17.3 Å². The lowest BCUT2D eigenvalue weighted by Gasteiger charge is -2.02. The van der Waals surface area contributed by atoms with Crippen LogP contribution in [0.2, 0.25) is 0 Å². The van der Waals surface area contributed by atoms with Gasteiger partial charge in [-0.25, -0.2) is 0 Å². The van der Waals surface area contributed by atoms with Gasteiger partial charge in [0.15, 0.2) is 0 Å². The van der Waals surface area contributed by atoms with E-state index in [0.717, 1.165) is 25.8 Å². The molecule has 0 aliphatic rings. The van der Waals surface area contributed by atoms with Gasteiger partial charge in [-0.15, -0.1) is 18.2 Å². The van der Waals surface area contributed by atoms with E-state index >= 15 is 0 Å². The van der Waals surface area contributed by atoms with Gasteiger partial charge in [0.1, 0.15) is 0 Å². The highest BCUT2D eigenvalue weighted by Crippen LogP contribution is 2.08. The van der Waals surface area contributed by atoms with Gasteiger partial charge in [0.2, 0.25) is 0 Å². The smallest absolute Gasteiger partial charge is 0.0370 e. The Morgan fingerprint density at radius 3 is 2.78 bits per heavy atom. The van der Waals surface area contributed by atoms with Crippen molar-refractivity contribution in [2.75, 3.05) is 6.54 Å². The summed E-state index contributed by atoms with van der Waals surface area (Å²) >= 11 is 5.83. The molecule has 2 N–H and O–H groups in total. The number of hydrogen-bond donors (Lipinski definition) is 1. The molecule has 0 spiro atoms. The van der Waals surface area contributed by atoms with E-state index < -0.39 is 0 Å². The first-order chi connectivity index (χ1) is 4.31. The third-order valence-electron chi connectivity index (χ3n) is 1.14. The molecule has 0 heterocycles. The molecule has 0 fully saturated rings. The van der Waals surface area contributed by atoms with Crippen LogP contribution >= 0.6 is 11.6 Å². The van der Waals surface area contributed by atoms with E-state index in [1.807, 2.05) is 6.08 Å². The topological polar surface area (TPSA) is 26.0 Å². The van der Waals surface area contributed by atoms with Gasteiger partial charge in [0.25, 0.3) is 0 Å². The van der Waals surface area contributed by atoms with Gasteiger partial charge in [-0.2, -0.15) is 0 Å². The summed E-state index contributed by atoms with van der Waals surface area (Å²) in [6.07, 6.45) is 4.75. The molecule has 9 heavy (non-hydrogen) atoms. The van der Waals surface area contributed by atoms with Crippen molar-refractivity contribution in [3.63, 3.8) is 0 Å². The minimum absolute atomic E-state index is 0.242. The molecule has 0 aromatic rings. The first-order valence-electron chi connectivity index (χ1n) is 3.26. The average molecular weight is 148 g/mol. The summed E-state index contributed by atoms with van der Waals surface area (Å²) < 4.78 is 0. The fraction of sp³-hybridized carbons (Fsp3) is 0.714. The second-order valence-electron chi connectivity index (χ2n) is 2.05. The summed E-state index contributed by atoms with van der Waals surface area (Å²) in [6, 6.07) is 0. The Labute approximate surface area is 61.9 Å². The molecule has 0 radical (unpaired) electrons. The Balaban J connectivity index is 3.04. The van der Waals surface area contributed by atoms with Gasteiger partial charge in [0, 0.05) is 5.38 Å². The number of alkyl halides is 1. The monoisotopic (exact) mass is 147 g/mol. The van der Waals surface area contributed by atoms with Gasteiger partial charge in [0.05, 0.1) is 0 Å². The normalized spacial score (nSPS) is 13.1. The van der Waals surface area contributed by atoms with Crippen LogP contribution < -0.4 is 5.73 Å². The predicted molar refractivity (Wildman–Crippen MR) is 42.7 cm³/mol. The summed E-state index contributed by atoms with van der Waals surface area (Å²) in [7, 11) is 0. The summed E-state index contributed by atoms with van der Waals surface area (Å²) in [5.74, 6) is 0. The molecule has 0 aromatic heterocycles. The fourth-order valence-corrected chi connectivity index (χ4v) is 0.918. The highest BCUT2D eigenvalue weighted by atomic mass is 35.5. The van der Waals surface area contributed by atoms with E-state index in [9.17, 15) is 0 Å². The Morgan fingerprint density at radius 2 is 2.33 bits per heavy atom. The molecule has 0 rings (SSSR count). The van der Waals surface area contributed by atoms with Crippen molar-refractivity contribution >= 4 is 11.6 Å². The van der Waals surface area contributed by atoms with E-state index in [2.05, 4.69) is 6.58 Å². The highest BCUT2D eigenvalue weighted by molar-refractivity contribution is 6.20. The Hall–Kier alpha value is -0.0100. The minimum Gasteiger partial charge on any atom is -0.330 e. The van der Waals surface area contributed by atoms with E-state index in [0.29, 0.717) is 0 Å². The molecule has 0 amide bonds. The molecular formula is C7H14ClN. The van der Waals surface area contributed by atoms with Crippen LogP contribution in [0.25, 0.3) is 0 Å². The van der Waals surface area contributed by atoms with Crippen molar-refractivity contribution < 1.29 is 0 Å². The average Bonchev–Trinajstić information content (AvgIpc) is 1.85. The molecule has 2 heteroatoms. The Morgan fingerprint density at radius 1 is 1.67 bits per heavy atom. The lowest BCUT2D eigenvalue weighted by atomic mass is 10.2. The molecule has 54 valence electrons. The zero-order valence-corrected chi connectivity index (χ0v) is 6.40. The van der Waals surface area contributed by atoms with Crippen LogP contribution in [0.1, 0.15) is 19.3 Å². The number of halogens is 1. The molecule has 1 unspecified atom stereocenters. The van der Waals surface area contributed by atoms with Crippen molar-refractivity contribution in [2.45, 2.75) is 24.6 Å². The molecule has 0 bridgehead atoms. The molecule has 0 saturated heterocycles. The van der Waals surface area contributed by atoms with E-state index in [-0.39, 0.29) is 5.38 Å². The maximum Gasteiger partial charge on any atom is 0.0370 e. The number of rotatable bonds is 5. The first-order valence-corrected chi connectivity index (χ1v) is 3.70. The molecule has 1 atom stereocenters. The second kappa shape index (κ2) is 6.12. The van der Waals surface area contributed by atoms with Crippen molar-refractivity contribution in [3.8, 4) is 0 Å². The van der Waals surface area contributed by atoms with Gasteiger partial charge in [-0.3, -0.25) is 0 Å². The quantitative estimate of drug-likeness (QED) is 0.467. The summed E-state index contributed by atoms with van der Waals surface area (Å²) in [6.45, 7) is 4.33. The molecule has 0 aromatic carbocycles. The van der Waals surface area contributed by atoms with Crippen LogP contribution in [0.4, 0.5) is 0 Å². The summed E-state index contributed by atoms with van der Waals surface area (Å²) in [4.78, 5) is 0. The Bertz CT molecular complexity index is 73.3. The maximum atomic E-state index is 5.83. The Kier molecular flexibility index (Phi) is 6.11. The fourth-order valence-electron chi connectivity index (χ4n) is 0.638. The predicted octanol–water partition coefficient (Wildman–Crippen LogP) is 1.91. The maximum absolute atomic E-state index is 5.83. The standard InChI is InChI=1S/C7H14ClN/c1-2-4-7(8)5-3-6-9/h2,7H,1,3-6,9H2. The highest BCUT2D eigenvalue weighted by Gasteiger charge is 1.98. The summed E-state index contributed by atoms with van der Waals surface area (Å²) in [5.41, 5.74) is 5.29. The summed E-state index contributed by atoms with van der Waals surface area (Å²) in [5, 5.41) is 0.242. The number of allylic oxidation sites excluding steroid dienone is 1. The van der Waals surface area contributed by atoms with Crippen LogP contribution in [0.3, 0.4) is 0 Å². The van der Waals surface area contributed by atoms with Crippen molar-refractivity contribution in [2.24, 2.45) is 5.73 Å². The third kappa shape index (κ3) is 5.87. The molecule has 0 saturated carbocycles. The second-order valence-corrected chi connectivity index (χ2v) is 2.67. The van der Waals surface area contributed by atoms with Gasteiger partial charge < -0.3 is 5.73 Å². The van der Waals surface area contributed by atoms with Crippen molar-refractivity contribution in [1.82, 2.24) is 0 Å². The van der Waals surface area contributed by atoms with Crippen LogP contribution in [0, 0.1) is 0 Å². The van der Waals surface area contributed by atoms with Gasteiger partial charge in [-0.05, 0) is 25.8 Å². The van der Waals surface area contributed by atoms with Crippen LogP contribution in [-0.4, -0.2) is 11.9 Å². The van der Waals surface area contributed by atoms with Crippen LogP contribution in [0.15, 0.2) is 12.7 Å². The van der Waals surface area contributed by atoms with Gasteiger partial charge in [-0.1, -0.05) is 6.08 Å². The first kappa shape index (κ1) is 8.99. The largest absolute Gasteiger partial charge is 0.330 e. The lowest BCUT2D eigenvalue weighted by molar-refractivity contribution is 0.703. The SMILES string of the molecule is C=CCC(Cl)CCCN. The third-order valence-corrected chi connectivity index (χ3v) is 1.54. The lowest BCUT2D eigenvalue weighted by Crippen LogP contribution is -2.03. The molecule has 0 aliphatic carbocycles. The van der Waals surface area contributed by atoms with Crippen molar-refractivity contribution in [1.29, 1.82) is 0 Å². The minimum atomic E-state index is 0.242. The molecular weight excluding hydrogens is 134 g/mol. The van der Waals surface area contributed by atoms with Crippen LogP contribution in [0.5, 0.6) is 0 Å². The van der Waals surface area contributed by atoms with E-state index in [1.165, 1.54) is 0 Å². The number of hydrogen-bond acceptors (Lipinski definition) is 1. The van der Waals surface area contributed by atoms with E-state index in [1.54, 1.807) is 0 Å². The zero-order valence-electron chi connectivity index (χ0n) is 5.65. The van der Waals surface area contributed by atoms with Gasteiger partial charge >= 0.3 is 0 Å².